The van der Waals surface area contributed by atoms with Gasteiger partial charge in [0, 0.05) is 30.5 Å². The highest BCUT2D eigenvalue weighted by atomic mass is 35.5. The zero-order valence-electron chi connectivity index (χ0n) is 15.5. The van der Waals surface area contributed by atoms with E-state index >= 15 is 0 Å². The van der Waals surface area contributed by atoms with E-state index < -0.39 is 21.7 Å². The van der Waals surface area contributed by atoms with Crippen LogP contribution in [0.25, 0.3) is 0 Å². The van der Waals surface area contributed by atoms with Gasteiger partial charge in [-0.25, -0.2) is 22.5 Å². The van der Waals surface area contributed by atoms with Gasteiger partial charge in [-0.05, 0) is 42.8 Å². The lowest BCUT2D eigenvalue weighted by atomic mass is 10.2. The summed E-state index contributed by atoms with van der Waals surface area (Å²) in [6, 6.07) is 7.51. The number of amides is 1. The Hall–Kier alpha value is -2.46. The van der Waals surface area contributed by atoms with Crippen molar-refractivity contribution < 1.29 is 17.6 Å². The highest BCUT2D eigenvalue weighted by Gasteiger charge is 2.18. The number of carbonyl (C=O) groups excluding carboxylic acids is 1. The number of nitrogens with one attached hydrogen (secondary N) is 2. The van der Waals surface area contributed by atoms with Crippen LogP contribution in [0.4, 0.5) is 10.1 Å². The molecule has 0 aliphatic rings. The summed E-state index contributed by atoms with van der Waals surface area (Å²) in [4.78, 5) is 16.0. The number of halogens is 3. The molecule has 0 aliphatic carbocycles. The van der Waals surface area contributed by atoms with E-state index in [4.69, 9.17) is 23.2 Å². The quantitative estimate of drug-likeness (QED) is 0.487. The van der Waals surface area contributed by atoms with Crippen molar-refractivity contribution in [3.8, 4) is 0 Å². The molecule has 0 aliphatic heterocycles. The van der Waals surface area contributed by atoms with E-state index in [1.165, 1.54) is 30.3 Å². The van der Waals surface area contributed by atoms with Gasteiger partial charge in [-0.3, -0.25) is 4.79 Å². The molecule has 3 aromatic rings. The molecule has 2 N–H and O–H groups in total. The molecule has 1 amide bonds. The number of nitrogens with zero attached hydrogens (tertiary/aromatic N) is 2. The van der Waals surface area contributed by atoms with Crippen LogP contribution in [0, 0.1) is 5.82 Å². The Morgan fingerprint density at radius 2 is 1.97 bits per heavy atom. The number of imidazole rings is 1. The summed E-state index contributed by atoms with van der Waals surface area (Å²) < 4.78 is 43.4. The van der Waals surface area contributed by atoms with E-state index in [0.29, 0.717) is 18.0 Å². The summed E-state index contributed by atoms with van der Waals surface area (Å²) in [5.41, 5.74) is -0.0678. The average Bonchev–Trinajstić information content (AvgIpc) is 3.20. The molecule has 11 heteroatoms. The van der Waals surface area contributed by atoms with Gasteiger partial charge in [0.25, 0.3) is 5.91 Å². The maximum absolute atomic E-state index is 14.4. The predicted octanol–water partition coefficient (Wildman–Crippen LogP) is 3.95. The Bertz CT molecular complexity index is 1150. The number of aryl methyl sites for hydroxylation is 1. The SMILES string of the molecule is O=C(Nc1ccc(S(=O)(=O)NCCCn2ccnc2)cc1F)c1ccc(Cl)cc1Cl. The van der Waals surface area contributed by atoms with Gasteiger partial charge in [0.1, 0.15) is 5.82 Å². The van der Waals surface area contributed by atoms with Crippen molar-refractivity contribution in [3.63, 3.8) is 0 Å². The molecule has 0 saturated heterocycles. The van der Waals surface area contributed by atoms with Crippen molar-refractivity contribution in [2.75, 3.05) is 11.9 Å². The third kappa shape index (κ3) is 5.57. The standard InChI is InChI=1S/C19H17Cl2FN4O3S/c20-13-2-4-15(16(21)10-13)19(27)25-18-5-3-14(11-17(18)22)30(28,29)24-6-1-8-26-9-7-23-12-26/h2-5,7,9-12,24H,1,6,8H2,(H,25,27). The molecule has 0 spiro atoms. The number of rotatable bonds is 8. The Morgan fingerprint density at radius 1 is 1.17 bits per heavy atom. The van der Waals surface area contributed by atoms with Gasteiger partial charge in [0.2, 0.25) is 10.0 Å². The lowest BCUT2D eigenvalue weighted by Crippen LogP contribution is -2.25. The number of hydrogen-bond donors (Lipinski definition) is 2. The maximum atomic E-state index is 14.4. The first-order chi connectivity index (χ1) is 14.3. The van der Waals surface area contributed by atoms with Crippen LogP contribution in [0.1, 0.15) is 16.8 Å². The molecule has 30 heavy (non-hydrogen) atoms. The predicted molar refractivity (Wildman–Crippen MR) is 113 cm³/mol. The Kier molecular flexibility index (Phi) is 7.09. The summed E-state index contributed by atoms with van der Waals surface area (Å²) in [6.07, 6.45) is 5.57. The smallest absolute Gasteiger partial charge is 0.257 e. The second kappa shape index (κ2) is 9.57. The topological polar surface area (TPSA) is 93.1 Å². The maximum Gasteiger partial charge on any atom is 0.257 e. The number of benzene rings is 2. The largest absolute Gasteiger partial charge is 0.337 e. The second-order valence-electron chi connectivity index (χ2n) is 6.27. The molecule has 1 heterocycles. The van der Waals surface area contributed by atoms with Crippen LogP contribution in [0.2, 0.25) is 10.0 Å². The van der Waals surface area contributed by atoms with Crippen LogP contribution in [0.15, 0.2) is 60.0 Å². The molecular formula is C19H17Cl2FN4O3S. The summed E-state index contributed by atoms with van der Waals surface area (Å²) in [6.45, 7) is 0.769. The van der Waals surface area contributed by atoms with Gasteiger partial charge in [0.05, 0.1) is 27.5 Å². The van der Waals surface area contributed by atoms with Gasteiger partial charge in [0.15, 0.2) is 0 Å². The van der Waals surface area contributed by atoms with Crippen LogP contribution < -0.4 is 10.0 Å². The number of anilines is 1. The molecule has 1 aromatic heterocycles. The van der Waals surface area contributed by atoms with E-state index in [1.807, 2.05) is 4.57 Å². The van der Waals surface area contributed by atoms with Crippen molar-refractivity contribution >= 4 is 44.8 Å². The molecule has 0 radical (unpaired) electrons. The summed E-state index contributed by atoms with van der Waals surface area (Å²) in [5, 5.41) is 2.83. The Balaban J connectivity index is 1.64. The van der Waals surface area contributed by atoms with E-state index in [2.05, 4.69) is 15.0 Å². The van der Waals surface area contributed by atoms with Crippen LogP contribution in [0.3, 0.4) is 0 Å². The zero-order valence-corrected chi connectivity index (χ0v) is 17.8. The lowest BCUT2D eigenvalue weighted by molar-refractivity contribution is 0.102. The first kappa shape index (κ1) is 22.2. The minimum atomic E-state index is -3.90. The first-order valence-corrected chi connectivity index (χ1v) is 11.0. The molecule has 0 unspecified atom stereocenters. The van der Waals surface area contributed by atoms with Crippen LogP contribution >= 0.6 is 23.2 Å². The molecule has 0 saturated carbocycles. The molecular weight excluding hydrogens is 454 g/mol. The normalized spacial score (nSPS) is 11.4. The number of carbonyl (C=O) groups is 1. The molecule has 0 fully saturated rings. The van der Waals surface area contributed by atoms with E-state index in [0.717, 1.165) is 6.07 Å². The summed E-state index contributed by atoms with van der Waals surface area (Å²) >= 11 is 11.8. The number of hydrogen-bond acceptors (Lipinski definition) is 4. The molecule has 0 bridgehead atoms. The van der Waals surface area contributed by atoms with Crippen LogP contribution in [-0.2, 0) is 16.6 Å². The Morgan fingerprint density at radius 3 is 2.63 bits per heavy atom. The van der Waals surface area contributed by atoms with Crippen molar-refractivity contribution in [2.45, 2.75) is 17.9 Å². The van der Waals surface area contributed by atoms with Crippen molar-refractivity contribution in [2.24, 2.45) is 0 Å². The number of aromatic nitrogens is 2. The van der Waals surface area contributed by atoms with Crippen LogP contribution in [-0.4, -0.2) is 30.4 Å². The second-order valence-corrected chi connectivity index (χ2v) is 8.88. The molecule has 0 atom stereocenters. The minimum Gasteiger partial charge on any atom is -0.337 e. The molecule has 158 valence electrons. The van der Waals surface area contributed by atoms with Gasteiger partial charge in [-0.15, -0.1) is 0 Å². The van der Waals surface area contributed by atoms with Crippen LogP contribution in [0.5, 0.6) is 0 Å². The van der Waals surface area contributed by atoms with E-state index in [9.17, 15) is 17.6 Å². The third-order valence-electron chi connectivity index (χ3n) is 4.12. The summed E-state index contributed by atoms with van der Waals surface area (Å²) in [7, 11) is -3.90. The molecule has 3 rings (SSSR count). The highest BCUT2D eigenvalue weighted by Crippen LogP contribution is 2.24. The fourth-order valence-electron chi connectivity index (χ4n) is 2.60. The minimum absolute atomic E-state index is 0.108. The van der Waals surface area contributed by atoms with Crippen molar-refractivity contribution in [1.82, 2.24) is 14.3 Å². The van der Waals surface area contributed by atoms with Gasteiger partial charge in [-0.2, -0.15) is 0 Å². The number of sulfonamides is 1. The fourth-order valence-corrected chi connectivity index (χ4v) is 4.18. The van der Waals surface area contributed by atoms with Gasteiger partial charge < -0.3 is 9.88 Å². The molecule has 2 aromatic carbocycles. The van der Waals surface area contributed by atoms with E-state index in [-0.39, 0.29) is 27.7 Å². The van der Waals surface area contributed by atoms with Gasteiger partial charge in [-0.1, -0.05) is 23.2 Å². The third-order valence-corrected chi connectivity index (χ3v) is 6.13. The van der Waals surface area contributed by atoms with Crippen molar-refractivity contribution in [1.29, 1.82) is 0 Å². The average molecular weight is 471 g/mol. The summed E-state index contributed by atoms with van der Waals surface area (Å²) in [5.74, 6) is -1.54. The Labute approximate surface area is 182 Å². The highest BCUT2D eigenvalue weighted by molar-refractivity contribution is 7.89. The van der Waals surface area contributed by atoms with Crippen molar-refractivity contribution in [3.05, 3.63) is 76.5 Å². The fraction of sp³-hybridized carbons (Fsp3) is 0.158. The zero-order chi connectivity index (χ0) is 21.7. The monoisotopic (exact) mass is 470 g/mol. The lowest BCUT2D eigenvalue weighted by Gasteiger charge is -2.11. The molecule has 7 nitrogen and oxygen atoms in total. The van der Waals surface area contributed by atoms with E-state index in [1.54, 1.807) is 18.7 Å². The first-order valence-electron chi connectivity index (χ1n) is 8.77. The van der Waals surface area contributed by atoms with Gasteiger partial charge >= 0.3 is 0 Å².